The van der Waals surface area contributed by atoms with Crippen LogP contribution in [0.5, 0.6) is 0 Å². The van der Waals surface area contributed by atoms with Crippen LogP contribution in [0.1, 0.15) is 28.3 Å². The summed E-state index contributed by atoms with van der Waals surface area (Å²) in [7, 11) is 0. The van der Waals surface area contributed by atoms with Crippen LogP contribution in [0.15, 0.2) is 40.9 Å². The second-order valence-corrected chi connectivity index (χ2v) is 5.89. The van der Waals surface area contributed by atoms with Gasteiger partial charge < -0.3 is 5.73 Å². The van der Waals surface area contributed by atoms with E-state index in [2.05, 4.69) is 48.0 Å². The van der Waals surface area contributed by atoms with Crippen LogP contribution in [-0.2, 0) is 0 Å². The van der Waals surface area contributed by atoms with Gasteiger partial charge in [0.2, 0.25) is 0 Å². The molecule has 0 radical (unpaired) electrons. The van der Waals surface area contributed by atoms with E-state index in [1.165, 1.54) is 11.1 Å². The van der Waals surface area contributed by atoms with Gasteiger partial charge in [-0.15, -0.1) is 0 Å². The SMILES string of the molecule is Cc1cc(C)cc(C(N)c2cc(Br)ccc2Cl)c1. The lowest BCUT2D eigenvalue weighted by atomic mass is 9.96. The summed E-state index contributed by atoms with van der Waals surface area (Å²) >= 11 is 9.67. The molecule has 1 atom stereocenters. The van der Waals surface area contributed by atoms with Crippen molar-refractivity contribution in [3.8, 4) is 0 Å². The highest BCUT2D eigenvalue weighted by Gasteiger charge is 2.13. The van der Waals surface area contributed by atoms with E-state index in [-0.39, 0.29) is 6.04 Å². The van der Waals surface area contributed by atoms with Gasteiger partial charge in [0.15, 0.2) is 0 Å². The zero-order valence-corrected chi connectivity index (χ0v) is 12.7. The van der Waals surface area contributed by atoms with Crippen LogP contribution in [0, 0.1) is 13.8 Å². The number of benzene rings is 2. The molecule has 1 unspecified atom stereocenters. The Morgan fingerprint density at radius 2 is 1.67 bits per heavy atom. The van der Waals surface area contributed by atoms with Crippen LogP contribution in [0.2, 0.25) is 5.02 Å². The van der Waals surface area contributed by atoms with Gasteiger partial charge in [0, 0.05) is 9.50 Å². The van der Waals surface area contributed by atoms with Crippen molar-refractivity contribution in [3.05, 3.63) is 68.1 Å². The molecule has 0 aliphatic heterocycles. The predicted molar refractivity (Wildman–Crippen MR) is 81.1 cm³/mol. The second-order valence-electron chi connectivity index (χ2n) is 4.56. The van der Waals surface area contributed by atoms with E-state index in [1.807, 2.05) is 18.2 Å². The van der Waals surface area contributed by atoms with Gasteiger partial charge in [0.05, 0.1) is 6.04 Å². The summed E-state index contributed by atoms with van der Waals surface area (Å²) in [6.07, 6.45) is 0. The first-order valence-corrected chi connectivity index (χ1v) is 6.93. The number of hydrogen-bond donors (Lipinski definition) is 1. The monoisotopic (exact) mass is 323 g/mol. The van der Waals surface area contributed by atoms with Gasteiger partial charge in [-0.25, -0.2) is 0 Å². The van der Waals surface area contributed by atoms with E-state index >= 15 is 0 Å². The van der Waals surface area contributed by atoms with Gasteiger partial charge in [-0.3, -0.25) is 0 Å². The van der Waals surface area contributed by atoms with Crippen molar-refractivity contribution < 1.29 is 0 Å². The van der Waals surface area contributed by atoms with Crippen molar-refractivity contribution in [1.29, 1.82) is 0 Å². The van der Waals surface area contributed by atoms with E-state index in [1.54, 1.807) is 0 Å². The first-order valence-electron chi connectivity index (χ1n) is 5.76. The molecular formula is C15H15BrClN. The fourth-order valence-corrected chi connectivity index (χ4v) is 2.74. The molecule has 0 aliphatic carbocycles. The molecule has 0 aliphatic rings. The normalized spacial score (nSPS) is 12.5. The Morgan fingerprint density at radius 3 is 2.28 bits per heavy atom. The fraction of sp³-hybridized carbons (Fsp3) is 0.200. The van der Waals surface area contributed by atoms with Crippen molar-refractivity contribution >= 4 is 27.5 Å². The lowest BCUT2D eigenvalue weighted by molar-refractivity contribution is 0.867. The van der Waals surface area contributed by atoms with E-state index in [9.17, 15) is 0 Å². The summed E-state index contributed by atoms with van der Waals surface area (Å²) in [6.45, 7) is 4.15. The molecule has 0 fully saturated rings. The predicted octanol–water partition coefficient (Wildman–Crippen LogP) is 4.77. The quantitative estimate of drug-likeness (QED) is 0.846. The van der Waals surface area contributed by atoms with Crippen LogP contribution in [0.25, 0.3) is 0 Å². The molecule has 0 amide bonds. The number of rotatable bonds is 2. The zero-order chi connectivity index (χ0) is 13.3. The van der Waals surface area contributed by atoms with Crippen LogP contribution < -0.4 is 5.73 Å². The highest BCUT2D eigenvalue weighted by atomic mass is 79.9. The van der Waals surface area contributed by atoms with Crippen molar-refractivity contribution in [3.63, 3.8) is 0 Å². The largest absolute Gasteiger partial charge is 0.320 e. The summed E-state index contributed by atoms with van der Waals surface area (Å²) in [5.41, 5.74) is 10.8. The molecule has 2 aromatic carbocycles. The summed E-state index contributed by atoms with van der Waals surface area (Å²) in [5, 5.41) is 0.699. The minimum atomic E-state index is -0.200. The first-order chi connectivity index (χ1) is 8.47. The lowest BCUT2D eigenvalue weighted by Crippen LogP contribution is -2.13. The fourth-order valence-electron chi connectivity index (χ4n) is 2.12. The molecule has 0 saturated carbocycles. The third-order valence-electron chi connectivity index (χ3n) is 2.90. The average Bonchev–Trinajstić information content (AvgIpc) is 2.30. The maximum absolute atomic E-state index is 6.32. The topological polar surface area (TPSA) is 26.0 Å². The smallest absolute Gasteiger partial charge is 0.0567 e. The molecule has 0 saturated heterocycles. The third kappa shape index (κ3) is 2.94. The molecule has 2 N–H and O–H groups in total. The Morgan fingerprint density at radius 1 is 1.06 bits per heavy atom. The number of hydrogen-bond acceptors (Lipinski definition) is 1. The maximum Gasteiger partial charge on any atom is 0.0567 e. The molecule has 2 rings (SSSR count). The molecule has 0 spiro atoms. The molecule has 2 aromatic rings. The Bertz CT molecular complexity index is 560. The summed E-state index contributed by atoms with van der Waals surface area (Å²) < 4.78 is 0.988. The highest BCUT2D eigenvalue weighted by molar-refractivity contribution is 9.10. The first kappa shape index (κ1) is 13.6. The molecule has 94 valence electrons. The Hall–Kier alpha value is -0.830. The number of halogens is 2. The molecule has 0 aromatic heterocycles. The van der Waals surface area contributed by atoms with Gasteiger partial charge in [0.25, 0.3) is 0 Å². The Labute approximate surface area is 121 Å². The summed E-state index contributed by atoms with van der Waals surface area (Å²) in [5.74, 6) is 0. The van der Waals surface area contributed by atoms with Crippen LogP contribution >= 0.6 is 27.5 Å². The van der Waals surface area contributed by atoms with Crippen LogP contribution in [-0.4, -0.2) is 0 Å². The van der Waals surface area contributed by atoms with Crippen LogP contribution in [0.4, 0.5) is 0 Å². The molecule has 0 heterocycles. The van der Waals surface area contributed by atoms with E-state index in [4.69, 9.17) is 17.3 Å². The number of nitrogens with two attached hydrogens (primary N) is 1. The number of aryl methyl sites for hydroxylation is 2. The average molecular weight is 325 g/mol. The molecular weight excluding hydrogens is 310 g/mol. The van der Waals surface area contributed by atoms with E-state index in [0.29, 0.717) is 5.02 Å². The van der Waals surface area contributed by atoms with Gasteiger partial charge in [-0.05, 0) is 43.2 Å². The molecule has 1 nitrogen and oxygen atoms in total. The summed E-state index contributed by atoms with van der Waals surface area (Å²) in [6, 6.07) is 11.9. The van der Waals surface area contributed by atoms with Crippen LogP contribution in [0.3, 0.4) is 0 Å². The van der Waals surface area contributed by atoms with Crippen molar-refractivity contribution in [2.75, 3.05) is 0 Å². The summed E-state index contributed by atoms with van der Waals surface area (Å²) in [4.78, 5) is 0. The molecule has 18 heavy (non-hydrogen) atoms. The zero-order valence-electron chi connectivity index (χ0n) is 10.4. The third-order valence-corrected chi connectivity index (χ3v) is 3.73. The lowest BCUT2D eigenvalue weighted by Gasteiger charge is -2.16. The van der Waals surface area contributed by atoms with Crippen molar-refractivity contribution in [1.82, 2.24) is 0 Å². The van der Waals surface area contributed by atoms with Crippen molar-refractivity contribution in [2.24, 2.45) is 5.73 Å². The van der Waals surface area contributed by atoms with E-state index in [0.717, 1.165) is 15.6 Å². The second kappa shape index (κ2) is 5.43. The van der Waals surface area contributed by atoms with E-state index < -0.39 is 0 Å². The Kier molecular flexibility index (Phi) is 4.10. The Balaban J connectivity index is 2.47. The van der Waals surface area contributed by atoms with Gasteiger partial charge in [0.1, 0.15) is 0 Å². The molecule has 3 heteroatoms. The standard InChI is InChI=1S/C15H15BrClN/c1-9-5-10(2)7-11(6-9)15(18)13-8-12(16)3-4-14(13)17/h3-8,15H,18H2,1-2H3. The molecule has 0 bridgehead atoms. The van der Waals surface area contributed by atoms with Gasteiger partial charge in [-0.2, -0.15) is 0 Å². The minimum absolute atomic E-state index is 0.200. The van der Waals surface area contributed by atoms with Crippen molar-refractivity contribution in [2.45, 2.75) is 19.9 Å². The maximum atomic E-state index is 6.32. The van der Waals surface area contributed by atoms with Gasteiger partial charge >= 0.3 is 0 Å². The highest BCUT2D eigenvalue weighted by Crippen LogP contribution is 2.30. The minimum Gasteiger partial charge on any atom is -0.320 e. The van der Waals surface area contributed by atoms with Gasteiger partial charge in [-0.1, -0.05) is 56.9 Å².